The Morgan fingerprint density at radius 2 is 2.21 bits per heavy atom. The summed E-state index contributed by atoms with van der Waals surface area (Å²) in [6.07, 6.45) is 2.16. The first-order chi connectivity index (χ1) is 8.91. The number of non-ortho nitro benzene ring substituents is 1. The number of hydrogen-bond donors (Lipinski definition) is 2. The van der Waals surface area contributed by atoms with Crippen molar-refractivity contribution in [1.82, 2.24) is 5.32 Å². The molecule has 3 N–H and O–H groups in total. The topological polar surface area (TPSA) is 115 Å². The predicted octanol–water partition coefficient (Wildman–Crippen LogP) is 0.675. The van der Waals surface area contributed by atoms with Crippen LogP contribution in [0.4, 0.5) is 11.4 Å². The first-order valence-electron chi connectivity index (χ1n) is 5.54. The van der Waals surface area contributed by atoms with E-state index in [4.69, 9.17) is 5.73 Å². The van der Waals surface area contributed by atoms with Crippen LogP contribution in [0.1, 0.15) is 16.8 Å². The molecule has 0 radical (unpaired) electrons. The molecule has 0 bridgehead atoms. The zero-order valence-electron chi connectivity index (χ0n) is 10.4. The third-order valence-corrected chi connectivity index (χ3v) is 3.25. The van der Waals surface area contributed by atoms with Gasteiger partial charge in [0.15, 0.2) is 0 Å². The normalized spacial score (nSPS) is 11.8. The lowest BCUT2D eigenvalue weighted by atomic mass is 10.1. The average Bonchev–Trinajstić information content (AvgIpc) is 2.34. The number of anilines is 1. The summed E-state index contributed by atoms with van der Waals surface area (Å²) in [5.74, 6) is 0.0214. The quantitative estimate of drug-likeness (QED) is 0.345. The smallest absolute Gasteiger partial charge is 0.270 e. The average molecular weight is 285 g/mol. The van der Waals surface area contributed by atoms with Gasteiger partial charge in [0.05, 0.1) is 10.5 Å². The van der Waals surface area contributed by atoms with Crippen molar-refractivity contribution < 1.29 is 13.9 Å². The number of amides is 1. The molecule has 1 rings (SSSR count). The van der Waals surface area contributed by atoms with Gasteiger partial charge in [-0.25, -0.2) is 0 Å². The van der Waals surface area contributed by atoms with Gasteiger partial charge in [0.25, 0.3) is 11.6 Å². The molecule has 1 aromatic rings. The highest BCUT2D eigenvalue weighted by Gasteiger charge is 2.14. The largest absolute Gasteiger partial charge is 0.398 e. The summed E-state index contributed by atoms with van der Waals surface area (Å²) in [7, 11) is -0.904. The van der Waals surface area contributed by atoms with E-state index in [1.54, 1.807) is 6.26 Å². The summed E-state index contributed by atoms with van der Waals surface area (Å²) < 4.78 is 10.8. The fraction of sp³-hybridized carbons (Fsp3) is 0.364. The first-order valence-corrected chi connectivity index (χ1v) is 7.26. The van der Waals surface area contributed by atoms with Crippen LogP contribution in [0.2, 0.25) is 0 Å². The molecule has 0 spiro atoms. The second-order valence-electron chi connectivity index (χ2n) is 3.92. The number of rotatable bonds is 6. The fourth-order valence-corrected chi connectivity index (χ4v) is 1.98. The standard InChI is InChI=1S/C11H15N3O4S/c1-19(18)6-2-5-13-11(15)9-7-8(14(16)17)3-4-10(9)12/h3-4,7H,2,5-6,12H2,1H3,(H,13,15). The Morgan fingerprint density at radius 1 is 1.53 bits per heavy atom. The molecule has 1 unspecified atom stereocenters. The Labute approximate surface area is 112 Å². The summed E-state index contributed by atoms with van der Waals surface area (Å²) in [5.41, 5.74) is 5.68. The predicted molar refractivity (Wildman–Crippen MR) is 73.4 cm³/mol. The molecule has 0 aliphatic heterocycles. The molecule has 19 heavy (non-hydrogen) atoms. The van der Waals surface area contributed by atoms with Crippen molar-refractivity contribution in [2.24, 2.45) is 0 Å². The highest BCUT2D eigenvalue weighted by molar-refractivity contribution is 7.84. The van der Waals surface area contributed by atoms with E-state index in [9.17, 15) is 19.1 Å². The van der Waals surface area contributed by atoms with Crippen LogP contribution in [-0.4, -0.2) is 33.6 Å². The van der Waals surface area contributed by atoms with Crippen molar-refractivity contribution in [2.75, 3.05) is 24.3 Å². The zero-order chi connectivity index (χ0) is 14.4. The number of nitrogens with zero attached hydrogens (tertiary/aromatic N) is 1. The minimum Gasteiger partial charge on any atom is -0.398 e. The minimum absolute atomic E-state index is 0.0758. The van der Waals surface area contributed by atoms with E-state index in [1.165, 1.54) is 12.1 Å². The second-order valence-corrected chi connectivity index (χ2v) is 5.47. The molecule has 0 aromatic heterocycles. The van der Waals surface area contributed by atoms with E-state index < -0.39 is 21.6 Å². The Kier molecular flexibility index (Phi) is 5.43. The molecule has 0 aliphatic rings. The molecule has 1 atom stereocenters. The summed E-state index contributed by atoms with van der Waals surface area (Å²) >= 11 is 0. The van der Waals surface area contributed by atoms with Crippen LogP contribution >= 0.6 is 0 Å². The van der Waals surface area contributed by atoms with Gasteiger partial charge in [0, 0.05) is 47.2 Å². The van der Waals surface area contributed by atoms with Crippen molar-refractivity contribution in [3.05, 3.63) is 33.9 Å². The van der Waals surface area contributed by atoms with Crippen LogP contribution in [0.3, 0.4) is 0 Å². The molecule has 0 heterocycles. The van der Waals surface area contributed by atoms with Crippen LogP contribution in [0, 0.1) is 10.1 Å². The SMILES string of the molecule is CS(=O)CCCNC(=O)c1cc([N+](=O)[O-])ccc1N. The van der Waals surface area contributed by atoms with Crippen LogP contribution in [-0.2, 0) is 10.8 Å². The monoisotopic (exact) mass is 285 g/mol. The highest BCUT2D eigenvalue weighted by atomic mass is 32.2. The van der Waals surface area contributed by atoms with E-state index in [0.29, 0.717) is 18.7 Å². The van der Waals surface area contributed by atoms with Crippen molar-refractivity contribution in [3.8, 4) is 0 Å². The maximum atomic E-state index is 11.8. The van der Waals surface area contributed by atoms with Crippen LogP contribution in [0.25, 0.3) is 0 Å². The van der Waals surface area contributed by atoms with Gasteiger partial charge in [0.1, 0.15) is 0 Å². The molecule has 1 amide bonds. The van der Waals surface area contributed by atoms with Crippen LogP contribution in [0.15, 0.2) is 18.2 Å². The van der Waals surface area contributed by atoms with Gasteiger partial charge in [-0.05, 0) is 12.5 Å². The lowest BCUT2D eigenvalue weighted by molar-refractivity contribution is -0.384. The number of hydrogen-bond acceptors (Lipinski definition) is 5. The van der Waals surface area contributed by atoms with Crippen molar-refractivity contribution in [1.29, 1.82) is 0 Å². The minimum atomic E-state index is -0.904. The van der Waals surface area contributed by atoms with Crippen molar-refractivity contribution in [2.45, 2.75) is 6.42 Å². The first kappa shape index (κ1) is 15.1. The van der Waals surface area contributed by atoms with Crippen molar-refractivity contribution >= 4 is 28.1 Å². The number of carbonyl (C=O) groups excluding carboxylic acids is 1. The number of benzene rings is 1. The third kappa shape index (κ3) is 4.66. The Balaban J connectivity index is 2.68. The van der Waals surface area contributed by atoms with Crippen molar-refractivity contribution in [3.63, 3.8) is 0 Å². The van der Waals surface area contributed by atoms with E-state index >= 15 is 0 Å². The maximum Gasteiger partial charge on any atom is 0.270 e. The summed E-state index contributed by atoms with van der Waals surface area (Å²) in [5, 5.41) is 13.2. The Hall–Kier alpha value is -1.96. The van der Waals surface area contributed by atoms with Gasteiger partial charge < -0.3 is 11.1 Å². The van der Waals surface area contributed by atoms with Gasteiger partial charge in [-0.15, -0.1) is 0 Å². The molecular weight excluding hydrogens is 270 g/mol. The molecule has 8 heteroatoms. The van der Waals surface area contributed by atoms with Crippen LogP contribution < -0.4 is 11.1 Å². The number of nitrogens with two attached hydrogens (primary N) is 1. The Morgan fingerprint density at radius 3 is 2.79 bits per heavy atom. The molecule has 0 fully saturated rings. The molecule has 7 nitrogen and oxygen atoms in total. The maximum absolute atomic E-state index is 11.8. The number of nitro benzene ring substituents is 1. The van der Waals surface area contributed by atoms with E-state index in [1.807, 2.05) is 0 Å². The summed E-state index contributed by atoms with van der Waals surface area (Å²) in [6.45, 7) is 0.348. The second kappa shape index (κ2) is 6.83. The van der Waals surface area contributed by atoms with Crippen LogP contribution in [0.5, 0.6) is 0 Å². The molecule has 0 aliphatic carbocycles. The molecule has 0 saturated heterocycles. The molecule has 1 aromatic carbocycles. The van der Waals surface area contributed by atoms with E-state index in [2.05, 4.69) is 5.32 Å². The Bertz CT molecular complexity index is 519. The molecule has 0 saturated carbocycles. The van der Waals surface area contributed by atoms with E-state index in [-0.39, 0.29) is 16.9 Å². The lowest BCUT2D eigenvalue weighted by Crippen LogP contribution is -2.26. The lowest BCUT2D eigenvalue weighted by Gasteiger charge is -2.07. The number of nitro groups is 1. The highest BCUT2D eigenvalue weighted by Crippen LogP contribution is 2.19. The third-order valence-electron chi connectivity index (χ3n) is 2.39. The summed E-state index contributed by atoms with van der Waals surface area (Å²) in [4.78, 5) is 21.8. The summed E-state index contributed by atoms with van der Waals surface area (Å²) in [6, 6.07) is 3.71. The molecular formula is C11H15N3O4S. The zero-order valence-corrected chi connectivity index (χ0v) is 11.2. The number of nitrogens with one attached hydrogen (secondary N) is 1. The van der Waals surface area contributed by atoms with Gasteiger partial charge >= 0.3 is 0 Å². The van der Waals surface area contributed by atoms with Gasteiger partial charge in [-0.2, -0.15) is 0 Å². The van der Waals surface area contributed by atoms with Gasteiger partial charge in [0.2, 0.25) is 0 Å². The molecule has 104 valence electrons. The van der Waals surface area contributed by atoms with Gasteiger partial charge in [-0.3, -0.25) is 19.1 Å². The van der Waals surface area contributed by atoms with E-state index in [0.717, 1.165) is 6.07 Å². The fourth-order valence-electron chi connectivity index (χ4n) is 1.43. The number of nitrogen functional groups attached to an aromatic ring is 1. The number of carbonyl (C=O) groups is 1. The van der Waals surface area contributed by atoms with Gasteiger partial charge in [-0.1, -0.05) is 0 Å².